The summed E-state index contributed by atoms with van der Waals surface area (Å²) in [5, 5.41) is 19.4. The Hall–Kier alpha value is -0.750. The Bertz CT molecular complexity index is 425. The molecule has 2 aromatic rings. The number of hydrogen-bond acceptors (Lipinski definition) is 5. The Kier molecular flexibility index (Phi) is 4.06. The van der Waals surface area contributed by atoms with Gasteiger partial charge in [0.15, 0.2) is 0 Å². The normalized spacial score (nSPS) is 12.9. The Balaban J connectivity index is 1.98. The minimum Gasteiger partial charge on any atom is -0.395 e. The largest absolute Gasteiger partial charge is 0.395 e. The fourth-order valence-electron chi connectivity index (χ4n) is 1.25. The van der Waals surface area contributed by atoms with Crippen LogP contribution >= 0.6 is 22.7 Å². The van der Waals surface area contributed by atoms with Crippen LogP contribution in [-0.2, 0) is 6.54 Å². The molecule has 3 nitrogen and oxygen atoms in total. The lowest BCUT2D eigenvalue weighted by molar-refractivity contribution is 0.250. The van der Waals surface area contributed by atoms with E-state index in [1.807, 2.05) is 6.92 Å². The first-order chi connectivity index (χ1) is 7.79. The second-order valence-electron chi connectivity index (χ2n) is 3.62. The molecular weight excluding hydrogens is 240 g/mol. The zero-order chi connectivity index (χ0) is 11.4. The van der Waals surface area contributed by atoms with Crippen LogP contribution in [0, 0.1) is 0 Å². The van der Waals surface area contributed by atoms with Gasteiger partial charge in [0, 0.05) is 28.9 Å². The smallest absolute Gasteiger partial charge is 0.124 e. The molecule has 0 aliphatic heterocycles. The lowest BCUT2D eigenvalue weighted by Gasteiger charge is -2.08. The van der Waals surface area contributed by atoms with E-state index in [-0.39, 0.29) is 12.6 Å². The van der Waals surface area contributed by atoms with Gasteiger partial charge in [-0.05, 0) is 18.4 Å². The summed E-state index contributed by atoms with van der Waals surface area (Å²) in [5.41, 5.74) is 2.22. The molecule has 0 aliphatic rings. The van der Waals surface area contributed by atoms with Crippen molar-refractivity contribution in [2.45, 2.75) is 19.5 Å². The van der Waals surface area contributed by atoms with Gasteiger partial charge < -0.3 is 10.4 Å². The minimum atomic E-state index is 0.117. The molecular formula is C11H14N2OS2. The van der Waals surface area contributed by atoms with Crippen molar-refractivity contribution in [3.63, 3.8) is 0 Å². The van der Waals surface area contributed by atoms with Crippen LogP contribution in [0.5, 0.6) is 0 Å². The summed E-state index contributed by atoms with van der Waals surface area (Å²) in [5.74, 6) is 0. The van der Waals surface area contributed by atoms with Crippen molar-refractivity contribution in [1.29, 1.82) is 0 Å². The van der Waals surface area contributed by atoms with Crippen LogP contribution < -0.4 is 5.32 Å². The van der Waals surface area contributed by atoms with E-state index in [4.69, 9.17) is 5.11 Å². The van der Waals surface area contributed by atoms with Crippen LogP contribution in [0.1, 0.15) is 12.6 Å². The topological polar surface area (TPSA) is 45.1 Å². The highest BCUT2D eigenvalue weighted by atomic mass is 32.1. The maximum Gasteiger partial charge on any atom is 0.124 e. The third-order valence-electron chi connectivity index (χ3n) is 2.23. The van der Waals surface area contributed by atoms with E-state index in [2.05, 4.69) is 32.5 Å². The summed E-state index contributed by atoms with van der Waals surface area (Å²) in [7, 11) is 0. The number of nitrogens with one attached hydrogen (secondary N) is 1. The maximum atomic E-state index is 8.89. The van der Waals surface area contributed by atoms with Gasteiger partial charge in [0.05, 0.1) is 12.3 Å². The number of aliphatic hydroxyl groups excluding tert-OH is 1. The van der Waals surface area contributed by atoms with Crippen LogP contribution in [0.4, 0.5) is 0 Å². The Morgan fingerprint density at radius 2 is 2.38 bits per heavy atom. The maximum absolute atomic E-state index is 8.89. The standard InChI is InChI=1S/C11H14N2OS2/c1-8(5-14)12-4-10-7-16-11(13-10)9-2-3-15-6-9/h2-3,6-8,12,14H,4-5H2,1H3/t8-/m1/s1. The molecule has 0 bridgehead atoms. The van der Waals surface area contributed by atoms with Crippen molar-refractivity contribution in [2.24, 2.45) is 0 Å². The molecule has 0 saturated carbocycles. The molecule has 0 aliphatic carbocycles. The number of hydrogen-bond donors (Lipinski definition) is 2. The van der Waals surface area contributed by atoms with Gasteiger partial charge in [-0.25, -0.2) is 4.98 Å². The second kappa shape index (κ2) is 5.54. The van der Waals surface area contributed by atoms with Crippen LogP contribution in [-0.4, -0.2) is 22.7 Å². The quantitative estimate of drug-likeness (QED) is 0.861. The fraction of sp³-hybridized carbons (Fsp3) is 0.364. The summed E-state index contributed by atoms with van der Waals surface area (Å²) in [6.45, 7) is 2.82. The average molecular weight is 254 g/mol. The molecule has 1 atom stereocenters. The molecule has 86 valence electrons. The number of aliphatic hydroxyl groups is 1. The Morgan fingerprint density at radius 1 is 1.50 bits per heavy atom. The van der Waals surface area contributed by atoms with E-state index in [0.717, 1.165) is 10.7 Å². The van der Waals surface area contributed by atoms with Crippen molar-refractivity contribution in [3.05, 3.63) is 27.9 Å². The highest BCUT2D eigenvalue weighted by Gasteiger charge is 2.06. The Labute approximate surface area is 103 Å². The van der Waals surface area contributed by atoms with Crippen LogP contribution in [0.2, 0.25) is 0 Å². The van der Waals surface area contributed by atoms with Crippen molar-refractivity contribution in [1.82, 2.24) is 10.3 Å². The highest BCUT2D eigenvalue weighted by Crippen LogP contribution is 2.25. The van der Waals surface area contributed by atoms with Crippen LogP contribution in [0.15, 0.2) is 22.2 Å². The van der Waals surface area contributed by atoms with E-state index >= 15 is 0 Å². The first-order valence-electron chi connectivity index (χ1n) is 5.11. The molecule has 0 spiro atoms. The SMILES string of the molecule is C[C@H](CO)NCc1csc(-c2ccsc2)n1. The molecule has 2 rings (SSSR count). The van der Waals surface area contributed by atoms with Crippen molar-refractivity contribution in [2.75, 3.05) is 6.61 Å². The zero-order valence-electron chi connectivity index (χ0n) is 9.01. The van der Waals surface area contributed by atoms with Gasteiger partial charge in [0.25, 0.3) is 0 Å². The van der Waals surface area contributed by atoms with Crippen molar-refractivity contribution < 1.29 is 5.11 Å². The zero-order valence-corrected chi connectivity index (χ0v) is 10.6. The summed E-state index contributed by atoms with van der Waals surface area (Å²) in [6.07, 6.45) is 0. The number of thiophene rings is 1. The second-order valence-corrected chi connectivity index (χ2v) is 5.26. The van der Waals surface area contributed by atoms with Crippen LogP contribution in [0.25, 0.3) is 10.6 Å². The molecule has 2 heterocycles. The average Bonchev–Trinajstić information content (AvgIpc) is 2.95. The molecule has 16 heavy (non-hydrogen) atoms. The van der Waals surface area contributed by atoms with Crippen molar-refractivity contribution in [3.8, 4) is 10.6 Å². The third kappa shape index (κ3) is 2.89. The van der Waals surface area contributed by atoms with Gasteiger partial charge in [0.1, 0.15) is 5.01 Å². The monoisotopic (exact) mass is 254 g/mol. The molecule has 5 heteroatoms. The first-order valence-corrected chi connectivity index (χ1v) is 6.93. The number of rotatable bonds is 5. The molecule has 0 unspecified atom stereocenters. The van der Waals surface area contributed by atoms with Gasteiger partial charge in [0.2, 0.25) is 0 Å². The summed E-state index contributed by atoms with van der Waals surface area (Å²) in [6, 6.07) is 2.20. The predicted molar refractivity (Wildman–Crippen MR) is 68.8 cm³/mol. The minimum absolute atomic E-state index is 0.117. The number of thiazole rings is 1. The van der Waals surface area contributed by atoms with E-state index < -0.39 is 0 Å². The van der Waals surface area contributed by atoms with Gasteiger partial charge in [-0.2, -0.15) is 11.3 Å². The molecule has 0 aromatic carbocycles. The lowest BCUT2D eigenvalue weighted by Crippen LogP contribution is -2.28. The first kappa shape index (κ1) is 11.7. The molecule has 2 N–H and O–H groups in total. The molecule has 2 aromatic heterocycles. The van der Waals surface area contributed by atoms with E-state index in [1.54, 1.807) is 22.7 Å². The van der Waals surface area contributed by atoms with E-state index in [1.165, 1.54) is 5.56 Å². The Morgan fingerprint density at radius 3 is 3.06 bits per heavy atom. The summed E-state index contributed by atoms with van der Waals surface area (Å²) < 4.78 is 0. The van der Waals surface area contributed by atoms with Crippen molar-refractivity contribution >= 4 is 22.7 Å². The predicted octanol–water partition coefficient (Wildman–Crippen LogP) is 2.34. The highest BCUT2D eigenvalue weighted by molar-refractivity contribution is 7.14. The third-order valence-corrected chi connectivity index (χ3v) is 3.85. The summed E-state index contributed by atoms with van der Waals surface area (Å²) >= 11 is 3.34. The summed E-state index contributed by atoms with van der Waals surface area (Å²) in [4.78, 5) is 4.54. The fourth-order valence-corrected chi connectivity index (χ4v) is 2.78. The lowest BCUT2D eigenvalue weighted by atomic mass is 10.3. The van der Waals surface area contributed by atoms with Gasteiger partial charge in [-0.3, -0.25) is 0 Å². The number of nitrogens with zero attached hydrogens (tertiary/aromatic N) is 1. The van der Waals surface area contributed by atoms with E-state index in [0.29, 0.717) is 6.54 Å². The van der Waals surface area contributed by atoms with Gasteiger partial charge in [-0.15, -0.1) is 11.3 Å². The molecule has 0 amide bonds. The van der Waals surface area contributed by atoms with Crippen LogP contribution in [0.3, 0.4) is 0 Å². The number of aromatic nitrogens is 1. The van der Waals surface area contributed by atoms with Gasteiger partial charge >= 0.3 is 0 Å². The van der Waals surface area contributed by atoms with Gasteiger partial charge in [-0.1, -0.05) is 0 Å². The molecule has 0 fully saturated rings. The molecule has 0 saturated heterocycles. The molecule has 0 radical (unpaired) electrons. The van der Waals surface area contributed by atoms with E-state index in [9.17, 15) is 0 Å².